The molecule has 1 atom stereocenters. The van der Waals surface area contributed by atoms with Crippen molar-refractivity contribution in [2.45, 2.75) is 12.5 Å². The summed E-state index contributed by atoms with van der Waals surface area (Å²) in [5, 5.41) is 9.62. The number of carbonyl (C=O) groups is 2. The van der Waals surface area contributed by atoms with Crippen LogP contribution in [-0.4, -0.2) is 29.2 Å². The number of benzene rings is 1. The second kappa shape index (κ2) is 8.22. The molecule has 3 aromatic rings. The molecule has 5 nitrogen and oxygen atoms in total. The molecule has 1 aliphatic rings. The van der Waals surface area contributed by atoms with Crippen LogP contribution in [-0.2, 0) is 9.53 Å². The number of carbonyl (C=O) groups excluding carboxylic acids is 2. The van der Waals surface area contributed by atoms with Gasteiger partial charge in [-0.3, -0.25) is 4.79 Å². The van der Waals surface area contributed by atoms with E-state index in [-0.39, 0.29) is 11.6 Å². The van der Waals surface area contributed by atoms with Crippen LogP contribution in [0.15, 0.2) is 58.3 Å². The highest BCUT2D eigenvalue weighted by atomic mass is 32.1. The summed E-state index contributed by atoms with van der Waals surface area (Å²) in [4.78, 5) is 26.7. The molecule has 9 heteroatoms. The van der Waals surface area contributed by atoms with Gasteiger partial charge in [0.1, 0.15) is 11.6 Å². The Kier molecular flexibility index (Phi) is 5.50. The Labute approximate surface area is 172 Å². The molecule has 4 rings (SSSR count). The minimum Gasteiger partial charge on any atom is -0.452 e. The number of esters is 1. The van der Waals surface area contributed by atoms with E-state index in [0.717, 1.165) is 27.6 Å². The van der Waals surface area contributed by atoms with E-state index in [1.165, 1.54) is 27.7 Å². The predicted molar refractivity (Wildman–Crippen MR) is 106 cm³/mol. The van der Waals surface area contributed by atoms with E-state index >= 15 is 0 Å². The molecule has 0 fully saturated rings. The number of halogens is 2. The number of nitrogens with zero attached hydrogens (tertiary/aromatic N) is 2. The molecule has 148 valence electrons. The lowest BCUT2D eigenvalue weighted by Gasteiger charge is -2.20. The van der Waals surface area contributed by atoms with E-state index in [2.05, 4.69) is 5.10 Å². The summed E-state index contributed by atoms with van der Waals surface area (Å²) in [7, 11) is 0. The van der Waals surface area contributed by atoms with Crippen LogP contribution in [0, 0.1) is 11.6 Å². The van der Waals surface area contributed by atoms with Crippen LogP contribution in [0.25, 0.3) is 0 Å². The van der Waals surface area contributed by atoms with Gasteiger partial charge in [0, 0.05) is 17.4 Å². The highest BCUT2D eigenvalue weighted by Gasteiger charge is 2.34. The Bertz CT molecular complexity index is 1050. The monoisotopic (exact) mass is 432 g/mol. The molecule has 2 aromatic heterocycles. The SMILES string of the molecule is O=C(OCC(=O)N1N=C(c2cccs2)CC1c1cccs1)c1cc(F)cc(F)c1. The Hall–Kier alpha value is -2.91. The van der Waals surface area contributed by atoms with Gasteiger partial charge in [-0.25, -0.2) is 18.6 Å². The Morgan fingerprint density at radius 3 is 2.48 bits per heavy atom. The number of hydrogen-bond acceptors (Lipinski definition) is 6. The van der Waals surface area contributed by atoms with Crippen molar-refractivity contribution in [3.05, 3.63) is 80.2 Å². The van der Waals surface area contributed by atoms with Gasteiger partial charge in [0.25, 0.3) is 5.91 Å². The standard InChI is InChI=1S/C20H14F2N2O3S2/c21-13-7-12(8-14(22)9-13)20(26)27-11-19(25)24-16(18-4-2-6-29-18)10-15(23-24)17-3-1-5-28-17/h1-9,16H,10-11H2. The number of ether oxygens (including phenoxy) is 1. The average molecular weight is 432 g/mol. The van der Waals surface area contributed by atoms with E-state index in [0.29, 0.717) is 12.5 Å². The fourth-order valence-electron chi connectivity index (χ4n) is 2.98. The van der Waals surface area contributed by atoms with Crippen LogP contribution in [0.5, 0.6) is 0 Å². The van der Waals surface area contributed by atoms with E-state index in [1.54, 1.807) is 0 Å². The van der Waals surface area contributed by atoms with Gasteiger partial charge in [-0.2, -0.15) is 5.10 Å². The van der Waals surface area contributed by atoms with Crippen molar-refractivity contribution >= 4 is 40.3 Å². The lowest BCUT2D eigenvalue weighted by Crippen LogP contribution is -2.31. The van der Waals surface area contributed by atoms with Crippen molar-refractivity contribution in [2.24, 2.45) is 5.10 Å². The van der Waals surface area contributed by atoms with Crippen molar-refractivity contribution in [2.75, 3.05) is 6.61 Å². The first-order chi connectivity index (χ1) is 14.0. The maximum atomic E-state index is 13.3. The maximum Gasteiger partial charge on any atom is 0.338 e. The van der Waals surface area contributed by atoms with Crippen LogP contribution in [0.3, 0.4) is 0 Å². The number of rotatable bonds is 5. The molecule has 0 radical (unpaired) electrons. The first-order valence-corrected chi connectivity index (χ1v) is 10.4. The van der Waals surface area contributed by atoms with Crippen LogP contribution >= 0.6 is 22.7 Å². The lowest BCUT2D eigenvalue weighted by atomic mass is 10.1. The van der Waals surface area contributed by atoms with Crippen molar-refractivity contribution in [3.63, 3.8) is 0 Å². The second-order valence-electron chi connectivity index (χ2n) is 6.23. The van der Waals surface area contributed by atoms with Crippen LogP contribution < -0.4 is 0 Å². The molecule has 1 aliphatic heterocycles. The van der Waals surface area contributed by atoms with Gasteiger partial charge in [0.05, 0.1) is 22.2 Å². The third kappa shape index (κ3) is 4.25. The smallest absolute Gasteiger partial charge is 0.338 e. The normalized spacial score (nSPS) is 16.0. The summed E-state index contributed by atoms with van der Waals surface area (Å²) in [6.07, 6.45) is 0.551. The fourth-order valence-corrected chi connectivity index (χ4v) is 4.52. The third-order valence-electron chi connectivity index (χ3n) is 4.27. The molecule has 0 saturated carbocycles. The molecule has 1 aromatic carbocycles. The quantitative estimate of drug-likeness (QED) is 0.553. The molecular weight excluding hydrogens is 418 g/mol. The van der Waals surface area contributed by atoms with Gasteiger partial charge in [0.2, 0.25) is 0 Å². The zero-order valence-electron chi connectivity index (χ0n) is 14.9. The molecule has 0 spiro atoms. The number of amides is 1. The number of thiophene rings is 2. The van der Waals surface area contributed by atoms with Gasteiger partial charge >= 0.3 is 5.97 Å². The van der Waals surface area contributed by atoms with Crippen molar-refractivity contribution in [3.8, 4) is 0 Å². The summed E-state index contributed by atoms with van der Waals surface area (Å²) in [5.41, 5.74) is 0.486. The zero-order chi connectivity index (χ0) is 20.4. The highest BCUT2D eigenvalue weighted by Crippen LogP contribution is 2.35. The Morgan fingerprint density at radius 1 is 1.10 bits per heavy atom. The van der Waals surface area contributed by atoms with E-state index in [1.807, 2.05) is 35.0 Å². The third-order valence-corrected chi connectivity index (χ3v) is 6.16. The molecule has 3 heterocycles. The first-order valence-electron chi connectivity index (χ1n) is 8.61. The molecule has 29 heavy (non-hydrogen) atoms. The molecule has 0 aliphatic carbocycles. The Morgan fingerprint density at radius 2 is 1.83 bits per heavy atom. The van der Waals surface area contributed by atoms with E-state index in [4.69, 9.17) is 4.74 Å². The van der Waals surface area contributed by atoms with Gasteiger partial charge < -0.3 is 4.74 Å². The van der Waals surface area contributed by atoms with Crippen LogP contribution in [0.1, 0.15) is 32.6 Å². The first kappa shape index (κ1) is 19.4. The molecule has 0 N–H and O–H groups in total. The summed E-state index contributed by atoms with van der Waals surface area (Å²) < 4.78 is 31.5. The van der Waals surface area contributed by atoms with Crippen molar-refractivity contribution < 1.29 is 23.1 Å². The summed E-state index contributed by atoms with van der Waals surface area (Å²) in [5.74, 6) is -3.29. The summed E-state index contributed by atoms with van der Waals surface area (Å²) in [6.45, 7) is -0.583. The molecule has 0 bridgehead atoms. The Balaban J connectivity index is 1.49. The average Bonchev–Trinajstić information content (AvgIpc) is 3.45. The summed E-state index contributed by atoms with van der Waals surface area (Å²) in [6, 6.07) is 9.73. The van der Waals surface area contributed by atoms with Crippen LogP contribution in [0.2, 0.25) is 0 Å². The van der Waals surface area contributed by atoms with Gasteiger partial charge in [-0.15, -0.1) is 22.7 Å². The lowest BCUT2D eigenvalue weighted by molar-refractivity contribution is -0.136. The molecule has 1 unspecified atom stereocenters. The highest BCUT2D eigenvalue weighted by molar-refractivity contribution is 7.12. The van der Waals surface area contributed by atoms with Crippen molar-refractivity contribution in [1.29, 1.82) is 0 Å². The topological polar surface area (TPSA) is 59.0 Å². The zero-order valence-corrected chi connectivity index (χ0v) is 16.5. The molecular formula is C20H14F2N2O3S2. The minimum absolute atomic E-state index is 0.287. The fraction of sp³-hybridized carbons (Fsp3) is 0.150. The van der Waals surface area contributed by atoms with Gasteiger partial charge in [-0.1, -0.05) is 12.1 Å². The van der Waals surface area contributed by atoms with E-state index in [9.17, 15) is 18.4 Å². The minimum atomic E-state index is -0.980. The van der Waals surface area contributed by atoms with Gasteiger partial charge in [-0.05, 0) is 35.0 Å². The van der Waals surface area contributed by atoms with Crippen LogP contribution in [0.4, 0.5) is 8.78 Å². The summed E-state index contributed by atoms with van der Waals surface area (Å²) >= 11 is 3.04. The van der Waals surface area contributed by atoms with E-state index < -0.39 is 30.1 Å². The van der Waals surface area contributed by atoms with Crippen molar-refractivity contribution in [1.82, 2.24) is 5.01 Å². The molecule has 0 saturated heterocycles. The maximum absolute atomic E-state index is 13.3. The second-order valence-corrected chi connectivity index (χ2v) is 8.16. The van der Waals surface area contributed by atoms with Gasteiger partial charge in [0.15, 0.2) is 6.61 Å². The largest absolute Gasteiger partial charge is 0.452 e. The number of hydrogen-bond donors (Lipinski definition) is 0. The predicted octanol–water partition coefficient (Wildman–Crippen LogP) is 4.62. The molecule has 1 amide bonds. The number of hydrazone groups is 1.